The number of carboxylic acids is 1. The van der Waals surface area contributed by atoms with Gasteiger partial charge in [0, 0.05) is 13.0 Å². The Morgan fingerprint density at radius 3 is 1.81 bits per heavy atom. The molecule has 1 aromatic rings. The van der Waals surface area contributed by atoms with Crippen LogP contribution in [0.3, 0.4) is 0 Å². The van der Waals surface area contributed by atoms with E-state index in [-0.39, 0.29) is 17.0 Å². The minimum atomic E-state index is -1.25. The normalized spacial score (nSPS) is 10.8. The highest BCUT2D eigenvalue weighted by atomic mass is 16.6. The fourth-order valence-corrected chi connectivity index (χ4v) is 3.77. The smallest absolute Gasteiger partial charge is 0.339 e. The maximum atomic E-state index is 11.7. The molecule has 7 heteroatoms. The monoisotopic (exact) mass is 435 g/mol. The summed E-state index contributed by atoms with van der Waals surface area (Å²) in [5.74, 6) is -2.23. The van der Waals surface area contributed by atoms with Crippen molar-refractivity contribution in [2.24, 2.45) is 0 Å². The van der Waals surface area contributed by atoms with Gasteiger partial charge in [-0.2, -0.15) is 0 Å². The lowest BCUT2D eigenvalue weighted by atomic mass is 9.98. The summed E-state index contributed by atoms with van der Waals surface area (Å²) in [5.41, 5.74) is -0.105. The zero-order valence-corrected chi connectivity index (χ0v) is 19.0. The Labute approximate surface area is 185 Å². The van der Waals surface area contributed by atoms with E-state index in [1.54, 1.807) is 0 Å². The lowest BCUT2D eigenvalue weighted by molar-refractivity contribution is -0.385. The molecule has 0 saturated carbocycles. The summed E-state index contributed by atoms with van der Waals surface area (Å²) < 4.78 is 4.93. The van der Waals surface area contributed by atoms with E-state index in [4.69, 9.17) is 4.74 Å². The molecule has 0 aliphatic rings. The van der Waals surface area contributed by atoms with Crippen LogP contribution in [0.15, 0.2) is 12.1 Å². The van der Waals surface area contributed by atoms with E-state index in [0.717, 1.165) is 38.7 Å². The van der Waals surface area contributed by atoms with Gasteiger partial charge in [0.1, 0.15) is 5.56 Å². The molecule has 1 aromatic carbocycles. The molecule has 1 rings (SSSR count). The van der Waals surface area contributed by atoms with Gasteiger partial charge in [0.25, 0.3) is 5.69 Å². The van der Waals surface area contributed by atoms with Gasteiger partial charge >= 0.3 is 11.9 Å². The van der Waals surface area contributed by atoms with Gasteiger partial charge < -0.3 is 9.84 Å². The van der Waals surface area contributed by atoms with Crippen LogP contribution in [0.1, 0.15) is 113 Å². The molecule has 0 aliphatic carbocycles. The first-order valence-corrected chi connectivity index (χ1v) is 11.6. The summed E-state index contributed by atoms with van der Waals surface area (Å²) in [6, 6.07) is 2.27. The van der Waals surface area contributed by atoms with Crippen molar-refractivity contribution in [1.82, 2.24) is 0 Å². The predicted molar refractivity (Wildman–Crippen MR) is 121 cm³/mol. The number of unbranched alkanes of at least 4 members (excludes halogenated alkanes) is 12. The molecule has 0 heterocycles. The predicted octanol–water partition coefficient (Wildman–Crippen LogP) is 6.85. The highest BCUT2D eigenvalue weighted by Crippen LogP contribution is 2.30. The number of rotatable bonds is 17. The number of aryl methyl sites for hydroxylation is 1. The molecule has 0 aromatic heterocycles. The van der Waals surface area contributed by atoms with Crippen molar-refractivity contribution >= 4 is 17.6 Å². The van der Waals surface area contributed by atoms with Crippen molar-refractivity contribution in [3.8, 4) is 5.75 Å². The molecule has 0 saturated heterocycles. The molecular weight excluding hydrogens is 398 g/mol. The van der Waals surface area contributed by atoms with E-state index in [1.165, 1.54) is 63.9 Å². The first-order valence-electron chi connectivity index (χ1n) is 11.6. The number of hydrogen-bond donors (Lipinski definition) is 1. The number of aromatic carboxylic acids is 1. The summed E-state index contributed by atoms with van der Waals surface area (Å²) in [6.45, 7) is 3.37. The Morgan fingerprint density at radius 1 is 0.903 bits per heavy atom. The molecule has 0 unspecified atom stereocenters. The van der Waals surface area contributed by atoms with Gasteiger partial charge in [-0.1, -0.05) is 84.0 Å². The highest BCUT2D eigenvalue weighted by Gasteiger charge is 2.23. The number of nitro benzene ring substituents is 1. The zero-order chi connectivity index (χ0) is 23.1. The maximum Gasteiger partial charge on any atom is 0.339 e. The maximum absolute atomic E-state index is 11.7. The molecule has 0 radical (unpaired) electrons. The minimum Gasteiger partial charge on any atom is -0.478 e. The molecular formula is C24H37NO6. The van der Waals surface area contributed by atoms with Crippen LogP contribution in [0.5, 0.6) is 5.75 Å². The average Bonchev–Trinajstić information content (AvgIpc) is 2.70. The van der Waals surface area contributed by atoms with Crippen LogP contribution in [0, 0.1) is 10.1 Å². The van der Waals surface area contributed by atoms with Crippen molar-refractivity contribution in [1.29, 1.82) is 0 Å². The van der Waals surface area contributed by atoms with E-state index in [0.29, 0.717) is 12.0 Å². The van der Waals surface area contributed by atoms with Crippen LogP contribution < -0.4 is 4.74 Å². The van der Waals surface area contributed by atoms with E-state index in [2.05, 4.69) is 6.92 Å². The number of carboxylic acid groups (broad SMARTS) is 1. The quantitative estimate of drug-likeness (QED) is 0.0942. The van der Waals surface area contributed by atoms with E-state index in [1.807, 2.05) is 0 Å². The fraction of sp³-hybridized carbons (Fsp3) is 0.667. The van der Waals surface area contributed by atoms with Crippen LogP contribution in [-0.4, -0.2) is 22.0 Å². The van der Waals surface area contributed by atoms with Crippen molar-refractivity contribution in [2.75, 3.05) is 0 Å². The van der Waals surface area contributed by atoms with E-state index < -0.39 is 16.9 Å². The minimum absolute atomic E-state index is 0.167. The van der Waals surface area contributed by atoms with Gasteiger partial charge in [-0.3, -0.25) is 14.9 Å². The second-order valence-corrected chi connectivity index (χ2v) is 8.13. The first-order chi connectivity index (χ1) is 14.9. The number of nitrogens with zero attached hydrogens (tertiary/aromatic N) is 1. The number of carbonyl (C=O) groups is 2. The summed E-state index contributed by atoms with van der Waals surface area (Å²) in [5, 5.41) is 20.7. The van der Waals surface area contributed by atoms with E-state index >= 15 is 0 Å². The number of carbonyl (C=O) groups excluding carboxylic acids is 1. The van der Waals surface area contributed by atoms with Crippen molar-refractivity contribution in [2.45, 2.75) is 104 Å². The van der Waals surface area contributed by atoms with Crippen LogP contribution >= 0.6 is 0 Å². The van der Waals surface area contributed by atoms with Crippen molar-refractivity contribution in [3.05, 3.63) is 33.4 Å². The molecule has 0 fully saturated rings. The average molecular weight is 436 g/mol. The summed E-state index contributed by atoms with van der Waals surface area (Å²) in [7, 11) is 0. The van der Waals surface area contributed by atoms with E-state index in [9.17, 15) is 24.8 Å². The van der Waals surface area contributed by atoms with Crippen molar-refractivity contribution < 1.29 is 24.4 Å². The van der Waals surface area contributed by atoms with Crippen LogP contribution in [-0.2, 0) is 11.2 Å². The summed E-state index contributed by atoms with van der Waals surface area (Å²) >= 11 is 0. The first kappa shape index (κ1) is 26.6. The standard InChI is InChI=1S/C24H37NO6/c1-3-4-5-6-7-8-9-10-11-12-13-14-15-16-20-17-21(25(29)30)18-22(31-19(2)26)23(20)24(27)28/h17-18H,3-16H2,1-2H3,(H,27,28). The van der Waals surface area contributed by atoms with Gasteiger partial charge in [0.05, 0.1) is 11.0 Å². The molecule has 0 amide bonds. The third-order valence-corrected chi connectivity index (χ3v) is 5.40. The molecule has 0 spiro atoms. The fourth-order valence-electron chi connectivity index (χ4n) is 3.77. The van der Waals surface area contributed by atoms with Gasteiger partial charge in [0.15, 0.2) is 5.75 Å². The summed E-state index contributed by atoms with van der Waals surface area (Å²) in [4.78, 5) is 33.5. The molecule has 0 bridgehead atoms. The molecule has 174 valence electrons. The molecule has 7 nitrogen and oxygen atoms in total. The number of benzene rings is 1. The lowest BCUT2D eigenvalue weighted by Gasteiger charge is -2.11. The Morgan fingerprint density at radius 2 is 1.39 bits per heavy atom. The Hall–Kier alpha value is -2.44. The Kier molecular flexibility index (Phi) is 13.2. The second-order valence-electron chi connectivity index (χ2n) is 8.13. The second kappa shape index (κ2) is 15.4. The van der Waals surface area contributed by atoms with Gasteiger partial charge in [-0.15, -0.1) is 0 Å². The third kappa shape index (κ3) is 10.9. The number of non-ortho nitro benzene ring substituents is 1. The lowest BCUT2D eigenvalue weighted by Crippen LogP contribution is -2.11. The molecule has 31 heavy (non-hydrogen) atoms. The number of nitro groups is 1. The van der Waals surface area contributed by atoms with Gasteiger partial charge in [0.2, 0.25) is 0 Å². The molecule has 1 N–H and O–H groups in total. The highest BCUT2D eigenvalue weighted by molar-refractivity contribution is 5.94. The van der Waals surface area contributed by atoms with Crippen LogP contribution in [0.25, 0.3) is 0 Å². The number of esters is 1. The largest absolute Gasteiger partial charge is 0.478 e. The Bertz CT molecular complexity index is 716. The summed E-state index contributed by atoms with van der Waals surface area (Å²) in [6.07, 6.45) is 16.0. The van der Waals surface area contributed by atoms with Gasteiger partial charge in [-0.25, -0.2) is 4.79 Å². The van der Waals surface area contributed by atoms with Gasteiger partial charge in [-0.05, 0) is 18.4 Å². The van der Waals surface area contributed by atoms with Crippen molar-refractivity contribution in [3.63, 3.8) is 0 Å². The topological polar surface area (TPSA) is 107 Å². The number of ether oxygens (including phenoxy) is 1. The molecule has 0 atom stereocenters. The Balaban J connectivity index is 2.42. The molecule has 0 aliphatic heterocycles. The van der Waals surface area contributed by atoms with Crippen LogP contribution in [0.2, 0.25) is 0 Å². The zero-order valence-electron chi connectivity index (χ0n) is 19.0. The SMILES string of the molecule is CCCCCCCCCCCCCCCc1cc([N+](=O)[O-])cc(OC(C)=O)c1C(=O)O. The third-order valence-electron chi connectivity index (χ3n) is 5.40. The number of hydrogen-bond acceptors (Lipinski definition) is 5. The van der Waals surface area contributed by atoms with Crippen LogP contribution in [0.4, 0.5) is 5.69 Å².